The van der Waals surface area contributed by atoms with Gasteiger partial charge in [-0.05, 0) is 59.8 Å². The normalized spacial score (nSPS) is 14.8. The SMILES string of the molecule is COc1cc(/C=C2\SC(=O)N(CC(=O)Nc3ccc(C(=O)O)cc3)C2=O)ccc1O. The predicted octanol–water partition coefficient (Wildman–Crippen LogP) is 2.77. The first-order valence-electron chi connectivity index (χ1n) is 8.54. The second-order valence-electron chi connectivity index (χ2n) is 6.13. The van der Waals surface area contributed by atoms with Gasteiger partial charge in [0.2, 0.25) is 5.91 Å². The number of carbonyl (C=O) groups is 4. The standard InChI is InChI=1S/C20H16N2O7S/c1-29-15-8-11(2-7-14(15)23)9-16-18(25)22(20(28)30-16)10-17(24)21-13-5-3-12(4-6-13)19(26)27/h2-9,23H,10H2,1H3,(H,21,24)(H,26,27)/b16-9-. The summed E-state index contributed by atoms with van der Waals surface area (Å²) >= 11 is 0.698. The summed E-state index contributed by atoms with van der Waals surface area (Å²) in [5.41, 5.74) is 0.941. The summed E-state index contributed by atoms with van der Waals surface area (Å²) in [7, 11) is 1.39. The number of methoxy groups -OCH3 is 1. The molecule has 0 atom stereocenters. The van der Waals surface area contributed by atoms with Gasteiger partial charge in [-0.1, -0.05) is 6.07 Å². The lowest BCUT2D eigenvalue weighted by molar-refractivity contribution is -0.127. The smallest absolute Gasteiger partial charge is 0.335 e. The number of nitrogens with one attached hydrogen (secondary N) is 1. The Kier molecular flexibility index (Phi) is 6.07. The third kappa shape index (κ3) is 4.61. The van der Waals surface area contributed by atoms with E-state index in [1.54, 1.807) is 6.07 Å². The largest absolute Gasteiger partial charge is 0.504 e. The topological polar surface area (TPSA) is 133 Å². The number of aromatic carboxylic acids is 1. The van der Waals surface area contributed by atoms with Crippen molar-refractivity contribution in [3.8, 4) is 11.5 Å². The molecule has 1 heterocycles. The third-order valence-electron chi connectivity index (χ3n) is 4.09. The number of benzene rings is 2. The number of anilines is 1. The fraction of sp³-hybridized carbons (Fsp3) is 0.100. The number of imide groups is 1. The summed E-state index contributed by atoms with van der Waals surface area (Å²) < 4.78 is 5.02. The third-order valence-corrected chi connectivity index (χ3v) is 5.00. The van der Waals surface area contributed by atoms with E-state index in [9.17, 15) is 24.3 Å². The van der Waals surface area contributed by atoms with E-state index in [2.05, 4.69) is 5.32 Å². The molecule has 0 saturated carbocycles. The van der Waals surface area contributed by atoms with E-state index in [-0.39, 0.29) is 22.0 Å². The van der Waals surface area contributed by atoms with Crippen LogP contribution < -0.4 is 10.1 Å². The number of ether oxygens (including phenoxy) is 1. The zero-order valence-electron chi connectivity index (χ0n) is 15.6. The minimum absolute atomic E-state index is 0.0594. The van der Waals surface area contributed by atoms with Crippen LogP contribution in [0.2, 0.25) is 0 Å². The lowest BCUT2D eigenvalue weighted by Gasteiger charge is -2.12. The van der Waals surface area contributed by atoms with E-state index < -0.39 is 29.6 Å². The van der Waals surface area contributed by atoms with Crippen molar-refractivity contribution >= 4 is 46.5 Å². The molecular weight excluding hydrogens is 412 g/mol. The van der Waals surface area contributed by atoms with Gasteiger partial charge in [0.1, 0.15) is 6.54 Å². The van der Waals surface area contributed by atoms with Crippen molar-refractivity contribution in [2.45, 2.75) is 0 Å². The number of thioether (sulfide) groups is 1. The zero-order valence-corrected chi connectivity index (χ0v) is 16.4. The molecule has 1 aliphatic heterocycles. The van der Waals surface area contributed by atoms with Gasteiger partial charge in [0, 0.05) is 5.69 Å². The van der Waals surface area contributed by atoms with E-state index >= 15 is 0 Å². The Labute approximate surface area is 174 Å². The van der Waals surface area contributed by atoms with Gasteiger partial charge in [-0.3, -0.25) is 19.3 Å². The molecule has 2 aromatic carbocycles. The fourth-order valence-electron chi connectivity index (χ4n) is 2.61. The predicted molar refractivity (Wildman–Crippen MR) is 109 cm³/mol. The van der Waals surface area contributed by atoms with E-state index in [0.29, 0.717) is 23.0 Å². The summed E-state index contributed by atoms with van der Waals surface area (Å²) in [4.78, 5) is 48.7. The molecule has 0 spiro atoms. The highest BCUT2D eigenvalue weighted by Gasteiger charge is 2.36. The maximum atomic E-state index is 12.5. The van der Waals surface area contributed by atoms with Crippen LogP contribution in [0.15, 0.2) is 47.4 Å². The Balaban J connectivity index is 1.68. The number of carboxylic acid groups (broad SMARTS) is 1. The van der Waals surface area contributed by atoms with E-state index in [4.69, 9.17) is 9.84 Å². The molecule has 0 aliphatic carbocycles. The molecule has 10 heteroatoms. The number of hydrogen-bond acceptors (Lipinski definition) is 7. The Bertz CT molecular complexity index is 1060. The van der Waals surface area contributed by atoms with Gasteiger partial charge >= 0.3 is 5.97 Å². The van der Waals surface area contributed by atoms with E-state index in [0.717, 1.165) is 4.90 Å². The average molecular weight is 428 g/mol. The number of phenolic OH excluding ortho intramolecular Hbond substituents is 1. The van der Waals surface area contributed by atoms with Gasteiger partial charge in [-0.25, -0.2) is 4.79 Å². The van der Waals surface area contributed by atoms with Crippen molar-refractivity contribution in [1.82, 2.24) is 4.90 Å². The van der Waals surface area contributed by atoms with Crippen LogP contribution in [0.25, 0.3) is 6.08 Å². The highest BCUT2D eigenvalue weighted by Crippen LogP contribution is 2.34. The number of carbonyl (C=O) groups excluding carboxylic acids is 3. The van der Waals surface area contributed by atoms with Gasteiger partial charge in [0.15, 0.2) is 11.5 Å². The van der Waals surface area contributed by atoms with Crippen LogP contribution in [0.1, 0.15) is 15.9 Å². The van der Waals surface area contributed by atoms with Gasteiger partial charge in [-0.15, -0.1) is 0 Å². The highest BCUT2D eigenvalue weighted by atomic mass is 32.2. The van der Waals surface area contributed by atoms with E-state index in [1.807, 2.05) is 0 Å². The molecule has 0 radical (unpaired) electrons. The average Bonchev–Trinajstić information content (AvgIpc) is 2.97. The molecule has 3 amide bonds. The molecule has 1 fully saturated rings. The first kappa shape index (κ1) is 20.9. The molecular formula is C20H16N2O7S. The Morgan fingerprint density at radius 3 is 2.50 bits per heavy atom. The number of nitrogens with zero attached hydrogens (tertiary/aromatic N) is 1. The minimum Gasteiger partial charge on any atom is -0.504 e. The number of carboxylic acids is 1. The maximum Gasteiger partial charge on any atom is 0.335 e. The second kappa shape index (κ2) is 8.70. The van der Waals surface area contributed by atoms with Crippen LogP contribution in [-0.4, -0.2) is 51.8 Å². The van der Waals surface area contributed by atoms with Crippen molar-refractivity contribution in [3.63, 3.8) is 0 Å². The van der Waals surface area contributed by atoms with Crippen molar-refractivity contribution in [2.75, 3.05) is 19.0 Å². The van der Waals surface area contributed by atoms with Crippen LogP contribution in [-0.2, 0) is 9.59 Å². The quantitative estimate of drug-likeness (QED) is 0.598. The molecule has 1 aliphatic rings. The molecule has 9 nitrogen and oxygen atoms in total. The summed E-state index contributed by atoms with van der Waals surface area (Å²) in [6, 6.07) is 9.94. The molecule has 2 aromatic rings. The zero-order chi connectivity index (χ0) is 21.8. The number of hydrogen-bond donors (Lipinski definition) is 3. The highest BCUT2D eigenvalue weighted by molar-refractivity contribution is 8.18. The second-order valence-corrected chi connectivity index (χ2v) is 7.12. The molecule has 0 bridgehead atoms. The van der Waals surface area contributed by atoms with Crippen LogP contribution >= 0.6 is 11.8 Å². The Morgan fingerprint density at radius 2 is 1.87 bits per heavy atom. The Hall–Kier alpha value is -3.79. The minimum atomic E-state index is -1.09. The van der Waals surface area contributed by atoms with Crippen LogP contribution in [0, 0.1) is 0 Å². The summed E-state index contributed by atoms with van der Waals surface area (Å²) in [5, 5.41) is 20.4. The van der Waals surface area contributed by atoms with Crippen LogP contribution in [0.5, 0.6) is 11.5 Å². The fourth-order valence-corrected chi connectivity index (χ4v) is 3.45. The number of amides is 3. The Morgan fingerprint density at radius 1 is 1.17 bits per heavy atom. The summed E-state index contributed by atoms with van der Waals surface area (Å²) in [6.45, 7) is -0.485. The molecule has 30 heavy (non-hydrogen) atoms. The van der Waals surface area contributed by atoms with E-state index in [1.165, 1.54) is 49.6 Å². The van der Waals surface area contributed by atoms with Crippen molar-refractivity contribution in [3.05, 3.63) is 58.5 Å². The van der Waals surface area contributed by atoms with Crippen molar-refractivity contribution < 1.29 is 34.1 Å². The lowest BCUT2D eigenvalue weighted by Crippen LogP contribution is -2.36. The number of rotatable bonds is 6. The first-order valence-corrected chi connectivity index (χ1v) is 9.35. The molecule has 0 aromatic heterocycles. The lowest BCUT2D eigenvalue weighted by atomic mass is 10.2. The van der Waals surface area contributed by atoms with Gasteiger partial charge < -0.3 is 20.3 Å². The molecule has 154 valence electrons. The van der Waals surface area contributed by atoms with Gasteiger partial charge in [0.25, 0.3) is 11.1 Å². The molecule has 0 unspecified atom stereocenters. The molecule has 1 saturated heterocycles. The van der Waals surface area contributed by atoms with Crippen LogP contribution in [0.3, 0.4) is 0 Å². The number of phenols is 1. The van der Waals surface area contributed by atoms with Crippen LogP contribution in [0.4, 0.5) is 10.5 Å². The summed E-state index contributed by atoms with van der Waals surface area (Å²) in [6.07, 6.45) is 1.47. The maximum absolute atomic E-state index is 12.5. The number of aromatic hydroxyl groups is 1. The van der Waals surface area contributed by atoms with Crippen molar-refractivity contribution in [1.29, 1.82) is 0 Å². The monoisotopic (exact) mass is 428 g/mol. The first-order chi connectivity index (χ1) is 14.3. The molecule has 3 N–H and O–H groups in total. The van der Waals surface area contributed by atoms with Crippen molar-refractivity contribution in [2.24, 2.45) is 0 Å². The summed E-state index contributed by atoms with van der Waals surface area (Å²) in [5.74, 6) is -2.16. The van der Waals surface area contributed by atoms with Gasteiger partial charge in [0.05, 0.1) is 17.6 Å². The molecule has 3 rings (SSSR count). The van der Waals surface area contributed by atoms with Gasteiger partial charge in [-0.2, -0.15) is 0 Å².